The average Bonchev–Trinajstić information content (AvgIpc) is 3.34. The van der Waals surface area contributed by atoms with Crippen molar-refractivity contribution in [1.82, 2.24) is 15.6 Å². The van der Waals surface area contributed by atoms with Crippen molar-refractivity contribution in [3.05, 3.63) is 45.9 Å². The van der Waals surface area contributed by atoms with Crippen LogP contribution in [-0.2, 0) is 24.2 Å². The van der Waals surface area contributed by atoms with E-state index in [1.807, 2.05) is 29.3 Å². The molecular formula is C20H28IN5OS. The lowest BCUT2D eigenvalue weighted by Crippen LogP contribution is -2.37. The Morgan fingerprint density at radius 2 is 2.14 bits per heavy atom. The van der Waals surface area contributed by atoms with E-state index in [0.29, 0.717) is 19.5 Å². The average molecular weight is 513 g/mol. The predicted molar refractivity (Wildman–Crippen MR) is 127 cm³/mol. The van der Waals surface area contributed by atoms with E-state index < -0.39 is 0 Å². The first-order valence-corrected chi connectivity index (χ1v) is 10.3. The van der Waals surface area contributed by atoms with Crippen LogP contribution in [0.4, 0.5) is 5.69 Å². The lowest BCUT2D eigenvalue weighted by atomic mass is 10.2. The summed E-state index contributed by atoms with van der Waals surface area (Å²) in [5.41, 5.74) is 2.34. The zero-order valence-electron chi connectivity index (χ0n) is 16.4. The number of hydrogen-bond donors (Lipinski definition) is 2. The highest BCUT2D eigenvalue weighted by molar-refractivity contribution is 14.0. The Labute approximate surface area is 187 Å². The van der Waals surface area contributed by atoms with Crippen LogP contribution in [0.15, 0.2) is 35.5 Å². The minimum Gasteiger partial charge on any atom is -0.356 e. The maximum absolute atomic E-state index is 12.5. The van der Waals surface area contributed by atoms with Gasteiger partial charge in [0.05, 0.1) is 6.54 Å². The number of carbonyl (C=O) groups is 1. The molecule has 2 heterocycles. The number of aromatic nitrogens is 1. The van der Waals surface area contributed by atoms with Gasteiger partial charge in [-0.1, -0.05) is 25.1 Å². The number of aryl methyl sites for hydroxylation is 1. The van der Waals surface area contributed by atoms with E-state index in [4.69, 9.17) is 0 Å². The number of hydrogen-bond acceptors (Lipinski definition) is 4. The number of para-hydroxylation sites is 1. The lowest BCUT2D eigenvalue weighted by Gasteiger charge is -2.17. The molecule has 1 amide bonds. The second-order valence-corrected chi connectivity index (χ2v) is 7.65. The summed E-state index contributed by atoms with van der Waals surface area (Å²) in [6.07, 6.45) is 5.20. The van der Waals surface area contributed by atoms with Crippen LogP contribution in [0, 0.1) is 0 Å². The third-order valence-corrected chi connectivity index (χ3v) is 5.77. The molecule has 0 bridgehead atoms. The number of nitrogens with zero attached hydrogens (tertiary/aromatic N) is 3. The Kier molecular flexibility index (Phi) is 9.17. The van der Waals surface area contributed by atoms with Gasteiger partial charge in [0.25, 0.3) is 0 Å². The molecule has 2 N–H and O–H groups in total. The van der Waals surface area contributed by atoms with E-state index >= 15 is 0 Å². The molecule has 2 aromatic rings. The molecular weight excluding hydrogens is 485 g/mol. The number of nitrogens with one attached hydrogen (secondary N) is 2. The van der Waals surface area contributed by atoms with Gasteiger partial charge in [-0.05, 0) is 30.9 Å². The van der Waals surface area contributed by atoms with Crippen LogP contribution in [0.25, 0.3) is 0 Å². The Hall–Kier alpha value is -1.68. The van der Waals surface area contributed by atoms with Gasteiger partial charge in [0.2, 0.25) is 5.91 Å². The van der Waals surface area contributed by atoms with Crippen LogP contribution >= 0.6 is 35.3 Å². The second kappa shape index (κ2) is 11.4. The van der Waals surface area contributed by atoms with Crippen molar-refractivity contribution in [3.8, 4) is 0 Å². The monoisotopic (exact) mass is 513 g/mol. The van der Waals surface area contributed by atoms with Crippen LogP contribution in [0.5, 0.6) is 0 Å². The van der Waals surface area contributed by atoms with E-state index in [1.54, 1.807) is 18.4 Å². The summed E-state index contributed by atoms with van der Waals surface area (Å²) >= 11 is 1.72. The number of fused-ring (bicyclic) bond motifs is 1. The van der Waals surface area contributed by atoms with Crippen LogP contribution < -0.4 is 15.5 Å². The van der Waals surface area contributed by atoms with Gasteiger partial charge in [0.15, 0.2) is 5.96 Å². The first-order chi connectivity index (χ1) is 13.2. The first-order valence-electron chi connectivity index (χ1n) is 9.47. The number of carbonyl (C=O) groups excluding carboxylic acids is 1. The molecule has 0 atom stereocenters. The maximum Gasteiger partial charge on any atom is 0.227 e. The van der Waals surface area contributed by atoms with E-state index in [2.05, 4.69) is 33.6 Å². The summed E-state index contributed by atoms with van der Waals surface area (Å²) in [5, 5.41) is 7.59. The Balaban J connectivity index is 0.00000280. The first kappa shape index (κ1) is 22.6. The molecule has 1 aromatic carbocycles. The summed E-state index contributed by atoms with van der Waals surface area (Å²) in [4.78, 5) is 24.3. The molecule has 0 fully saturated rings. The second-order valence-electron chi connectivity index (χ2n) is 6.45. The van der Waals surface area contributed by atoms with Crippen molar-refractivity contribution in [2.24, 2.45) is 4.99 Å². The molecule has 0 saturated heterocycles. The highest BCUT2D eigenvalue weighted by Gasteiger charge is 2.23. The van der Waals surface area contributed by atoms with Gasteiger partial charge in [-0.3, -0.25) is 9.79 Å². The fraction of sp³-hybridized carbons (Fsp3) is 0.450. The Morgan fingerprint density at radius 1 is 1.32 bits per heavy atom. The van der Waals surface area contributed by atoms with E-state index in [1.165, 1.54) is 10.4 Å². The molecule has 1 aliphatic heterocycles. The number of guanidine groups is 1. The molecule has 152 valence electrons. The minimum atomic E-state index is 0. The van der Waals surface area contributed by atoms with E-state index in [0.717, 1.165) is 42.5 Å². The zero-order chi connectivity index (χ0) is 19.1. The fourth-order valence-corrected chi connectivity index (χ4v) is 3.95. The highest BCUT2D eigenvalue weighted by atomic mass is 127. The van der Waals surface area contributed by atoms with Crippen LogP contribution in [0.3, 0.4) is 0 Å². The van der Waals surface area contributed by atoms with Gasteiger partial charge >= 0.3 is 0 Å². The Morgan fingerprint density at radius 3 is 2.89 bits per heavy atom. The molecule has 0 unspecified atom stereocenters. The zero-order valence-corrected chi connectivity index (χ0v) is 19.5. The van der Waals surface area contributed by atoms with Crippen molar-refractivity contribution in [2.75, 3.05) is 25.0 Å². The van der Waals surface area contributed by atoms with Gasteiger partial charge < -0.3 is 15.5 Å². The number of halogens is 1. The number of benzene rings is 1. The van der Waals surface area contributed by atoms with Crippen LogP contribution in [0.2, 0.25) is 0 Å². The van der Waals surface area contributed by atoms with Crippen LogP contribution in [-0.4, -0.2) is 37.0 Å². The normalized spacial score (nSPS) is 13.1. The van der Waals surface area contributed by atoms with E-state index in [9.17, 15) is 4.79 Å². The molecule has 8 heteroatoms. The molecule has 6 nitrogen and oxygen atoms in total. The molecule has 0 aliphatic carbocycles. The molecule has 28 heavy (non-hydrogen) atoms. The van der Waals surface area contributed by atoms with Gasteiger partial charge in [-0.2, -0.15) is 0 Å². The van der Waals surface area contributed by atoms with Crippen molar-refractivity contribution >= 4 is 52.9 Å². The van der Waals surface area contributed by atoms with Crippen LogP contribution in [0.1, 0.15) is 35.2 Å². The molecule has 3 rings (SSSR count). The van der Waals surface area contributed by atoms with Gasteiger partial charge in [-0.15, -0.1) is 35.3 Å². The number of anilines is 1. The van der Waals surface area contributed by atoms with Crippen molar-refractivity contribution in [3.63, 3.8) is 0 Å². The molecule has 0 radical (unpaired) electrons. The summed E-state index contributed by atoms with van der Waals surface area (Å²) in [6.45, 7) is 4.29. The fourth-order valence-electron chi connectivity index (χ4n) is 3.15. The number of amides is 1. The number of aliphatic imine (C=N–C) groups is 1. The van der Waals surface area contributed by atoms with Gasteiger partial charge in [0, 0.05) is 43.3 Å². The number of thiazole rings is 1. The van der Waals surface area contributed by atoms with Gasteiger partial charge in [-0.25, -0.2) is 4.98 Å². The molecule has 0 saturated carbocycles. The van der Waals surface area contributed by atoms with Crippen molar-refractivity contribution < 1.29 is 4.79 Å². The topological polar surface area (TPSA) is 69.6 Å². The summed E-state index contributed by atoms with van der Waals surface area (Å²) in [6, 6.07) is 8.16. The van der Waals surface area contributed by atoms with Crippen molar-refractivity contribution in [1.29, 1.82) is 0 Å². The summed E-state index contributed by atoms with van der Waals surface area (Å²) in [7, 11) is 1.75. The maximum atomic E-state index is 12.5. The standard InChI is InChI=1S/C20H27N5OS.HI/c1-3-16-13-23-18(27-16)14-24-20(21-2)22-11-6-9-19(26)25-12-10-15-7-4-5-8-17(15)25;/h4-5,7-8,13H,3,6,9-12,14H2,1-2H3,(H2,21,22,24);1H. The highest BCUT2D eigenvalue weighted by Crippen LogP contribution is 2.27. The SMILES string of the molecule is CCc1cnc(CNC(=NC)NCCCC(=O)N2CCc3ccccc32)s1.I. The lowest BCUT2D eigenvalue weighted by molar-refractivity contribution is -0.118. The third-order valence-electron chi connectivity index (χ3n) is 4.63. The quantitative estimate of drug-likeness (QED) is 0.258. The third kappa shape index (κ3) is 5.91. The van der Waals surface area contributed by atoms with Gasteiger partial charge in [0.1, 0.15) is 5.01 Å². The molecule has 1 aliphatic rings. The Bertz CT molecular complexity index is 807. The smallest absolute Gasteiger partial charge is 0.227 e. The molecule has 1 aromatic heterocycles. The largest absolute Gasteiger partial charge is 0.356 e. The minimum absolute atomic E-state index is 0. The molecule has 0 spiro atoms. The summed E-state index contributed by atoms with van der Waals surface area (Å²) in [5.74, 6) is 0.932. The summed E-state index contributed by atoms with van der Waals surface area (Å²) < 4.78 is 0. The predicted octanol–water partition coefficient (Wildman–Crippen LogP) is 3.36. The van der Waals surface area contributed by atoms with E-state index in [-0.39, 0.29) is 29.9 Å². The van der Waals surface area contributed by atoms with Crippen molar-refractivity contribution in [2.45, 2.75) is 39.2 Å². The number of rotatable bonds is 7.